The van der Waals surface area contributed by atoms with Crippen LogP contribution in [0.1, 0.15) is 44.2 Å². The number of benzene rings is 1. The van der Waals surface area contributed by atoms with Crippen LogP contribution >= 0.6 is 0 Å². The number of rotatable bonds is 4. The zero-order valence-corrected chi connectivity index (χ0v) is 12.6. The highest BCUT2D eigenvalue weighted by Crippen LogP contribution is 2.28. The van der Waals surface area contributed by atoms with Gasteiger partial charge >= 0.3 is 0 Å². The predicted molar refractivity (Wildman–Crippen MR) is 81.7 cm³/mol. The highest BCUT2D eigenvalue weighted by Gasteiger charge is 2.23. The van der Waals surface area contributed by atoms with E-state index in [4.69, 9.17) is 10.9 Å². The van der Waals surface area contributed by atoms with Crippen molar-refractivity contribution in [3.8, 4) is 0 Å². The molecule has 116 valence electrons. The maximum Gasteiger partial charge on any atom is 0.173 e. The molecule has 1 saturated carbocycles. The summed E-state index contributed by atoms with van der Waals surface area (Å²) in [6.45, 7) is 5.00. The lowest BCUT2D eigenvalue weighted by Gasteiger charge is -2.32. The van der Waals surface area contributed by atoms with Crippen LogP contribution in [0, 0.1) is 17.7 Å². The quantitative estimate of drug-likeness (QED) is 0.346. The van der Waals surface area contributed by atoms with Gasteiger partial charge in [-0.15, -0.1) is 0 Å². The number of nitrogens with one attached hydrogen (secondary N) is 1. The normalized spacial score (nSPS) is 26.8. The van der Waals surface area contributed by atoms with Crippen LogP contribution < -0.4 is 11.1 Å². The van der Waals surface area contributed by atoms with E-state index in [2.05, 4.69) is 24.3 Å². The summed E-state index contributed by atoms with van der Waals surface area (Å²) in [5.41, 5.74) is 6.17. The van der Waals surface area contributed by atoms with E-state index in [0.29, 0.717) is 30.0 Å². The minimum absolute atomic E-state index is 0.141. The molecule has 2 atom stereocenters. The number of hydrogen-bond acceptors (Lipinski definition) is 3. The molecule has 0 saturated heterocycles. The van der Waals surface area contributed by atoms with Gasteiger partial charge in [-0.3, -0.25) is 0 Å². The van der Waals surface area contributed by atoms with Crippen molar-refractivity contribution in [1.82, 2.24) is 5.32 Å². The second kappa shape index (κ2) is 6.89. The van der Waals surface area contributed by atoms with Gasteiger partial charge in [-0.25, -0.2) is 4.39 Å². The summed E-state index contributed by atoms with van der Waals surface area (Å²) in [6.07, 6.45) is 3.53. The van der Waals surface area contributed by atoms with Crippen molar-refractivity contribution in [3.05, 3.63) is 35.1 Å². The smallest absolute Gasteiger partial charge is 0.173 e. The number of oxime groups is 1. The third-order valence-corrected chi connectivity index (χ3v) is 4.22. The van der Waals surface area contributed by atoms with Gasteiger partial charge in [0.05, 0.1) is 5.56 Å². The van der Waals surface area contributed by atoms with Crippen LogP contribution in [-0.4, -0.2) is 17.1 Å². The van der Waals surface area contributed by atoms with E-state index in [1.165, 1.54) is 12.5 Å². The molecule has 0 bridgehead atoms. The zero-order chi connectivity index (χ0) is 15.4. The maximum absolute atomic E-state index is 14.3. The molecule has 1 fully saturated rings. The Labute approximate surface area is 125 Å². The van der Waals surface area contributed by atoms with Crippen LogP contribution in [0.2, 0.25) is 0 Å². The minimum Gasteiger partial charge on any atom is -0.409 e. The average Bonchev–Trinajstić information content (AvgIpc) is 2.44. The van der Waals surface area contributed by atoms with Gasteiger partial charge in [0.15, 0.2) is 5.84 Å². The molecule has 5 heteroatoms. The Morgan fingerprint density at radius 3 is 2.62 bits per heavy atom. The molecule has 4 N–H and O–H groups in total. The Morgan fingerprint density at radius 2 is 2.00 bits per heavy atom. The topological polar surface area (TPSA) is 70.6 Å². The summed E-state index contributed by atoms with van der Waals surface area (Å²) >= 11 is 0. The van der Waals surface area contributed by atoms with Gasteiger partial charge in [0.2, 0.25) is 0 Å². The molecule has 1 aliphatic carbocycles. The number of nitrogens with zero attached hydrogens (tertiary/aromatic N) is 1. The van der Waals surface area contributed by atoms with E-state index < -0.39 is 5.82 Å². The van der Waals surface area contributed by atoms with Crippen LogP contribution in [0.25, 0.3) is 0 Å². The fraction of sp³-hybridized carbons (Fsp3) is 0.562. The molecule has 2 rings (SSSR count). The molecule has 0 radical (unpaired) electrons. The Kier molecular flexibility index (Phi) is 5.17. The lowest BCUT2D eigenvalue weighted by atomic mass is 9.80. The SMILES string of the molecule is CC1CC(C)CC(NCc2cccc(/C(N)=N/O)c2F)C1. The first-order chi connectivity index (χ1) is 10.0. The van der Waals surface area contributed by atoms with Gasteiger partial charge in [0, 0.05) is 18.2 Å². The van der Waals surface area contributed by atoms with E-state index >= 15 is 0 Å². The van der Waals surface area contributed by atoms with Crippen LogP contribution in [0.4, 0.5) is 4.39 Å². The average molecular weight is 293 g/mol. The van der Waals surface area contributed by atoms with Crippen molar-refractivity contribution in [3.63, 3.8) is 0 Å². The third-order valence-electron chi connectivity index (χ3n) is 4.22. The van der Waals surface area contributed by atoms with Crippen molar-refractivity contribution in [2.24, 2.45) is 22.7 Å². The highest BCUT2D eigenvalue weighted by molar-refractivity contribution is 5.97. The second-order valence-corrected chi connectivity index (χ2v) is 6.26. The Balaban J connectivity index is 2.03. The van der Waals surface area contributed by atoms with Crippen LogP contribution in [0.15, 0.2) is 23.4 Å². The number of halogens is 1. The number of amidine groups is 1. The van der Waals surface area contributed by atoms with Crippen molar-refractivity contribution >= 4 is 5.84 Å². The van der Waals surface area contributed by atoms with Crippen molar-refractivity contribution < 1.29 is 9.60 Å². The van der Waals surface area contributed by atoms with E-state index in [1.54, 1.807) is 12.1 Å². The lowest BCUT2D eigenvalue weighted by molar-refractivity contribution is 0.237. The Hall–Kier alpha value is -1.62. The summed E-state index contributed by atoms with van der Waals surface area (Å²) < 4.78 is 14.3. The first-order valence-electron chi connectivity index (χ1n) is 7.50. The van der Waals surface area contributed by atoms with Crippen LogP contribution in [0.3, 0.4) is 0 Å². The monoisotopic (exact) mass is 293 g/mol. The number of nitrogens with two attached hydrogens (primary N) is 1. The standard InChI is InChI=1S/C16H24FN3O/c1-10-6-11(2)8-13(7-10)19-9-12-4-3-5-14(15(12)17)16(18)20-21/h3-5,10-11,13,19,21H,6-9H2,1-2H3,(H2,18,20). The molecule has 0 spiro atoms. The Morgan fingerprint density at radius 1 is 1.33 bits per heavy atom. The molecule has 0 heterocycles. The molecule has 0 aliphatic heterocycles. The Bertz CT molecular complexity index is 508. The fourth-order valence-electron chi connectivity index (χ4n) is 3.34. The van der Waals surface area contributed by atoms with Crippen molar-refractivity contribution in [2.75, 3.05) is 0 Å². The van der Waals surface area contributed by atoms with Crippen molar-refractivity contribution in [1.29, 1.82) is 0 Å². The molecule has 1 aromatic carbocycles. The molecule has 2 unspecified atom stereocenters. The van der Waals surface area contributed by atoms with Gasteiger partial charge in [-0.05, 0) is 37.2 Å². The minimum atomic E-state index is -0.419. The van der Waals surface area contributed by atoms with Gasteiger partial charge in [-0.1, -0.05) is 31.1 Å². The van der Waals surface area contributed by atoms with Gasteiger partial charge in [-0.2, -0.15) is 0 Å². The largest absolute Gasteiger partial charge is 0.409 e. The molecule has 4 nitrogen and oxygen atoms in total. The molecule has 0 aromatic heterocycles. The fourth-order valence-corrected chi connectivity index (χ4v) is 3.34. The molecular weight excluding hydrogens is 269 g/mol. The molecule has 0 amide bonds. The predicted octanol–water partition coefficient (Wildman–Crippen LogP) is 2.83. The van der Waals surface area contributed by atoms with E-state index in [9.17, 15) is 4.39 Å². The lowest BCUT2D eigenvalue weighted by Crippen LogP contribution is -2.36. The van der Waals surface area contributed by atoms with Gasteiger partial charge in [0.25, 0.3) is 0 Å². The van der Waals surface area contributed by atoms with Gasteiger partial charge < -0.3 is 16.3 Å². The third kappa shape index (κ3) is 3.94. The van der Waals surface area contributed by atoms with Crippen LogP contribution in [-0.2, 0) is 6.54 Å². The first-order valence-corrected chi connectivity index (χ1v) is 7.50. The van der Waals surface area contributed by atoms with E-state index in [0.717, 1.165) is 12.8 Å². The van der Waals surface area contributed by atoms with Crippen molar-refractivity contribution in [2.45, 2.75) is 45.7 Å². The number of hydrogen-bond donors (Lipinski definition) is 3. The van der Waals surface area contributed by atoms with E-state index in [1.807, 2.05) is 0 Å². The molecule has 1 aromatic rings. The van der Waals surface area contributed by atoms with E-state index in [-0.39, 0.29) is 11.4 Å². The summed E-state index contributed by atoms with van der Waals surface area (Å²) in [5, 5.41) is 15.0. The highest BCUT2D eigenvalue weighted by atomic mass is 19.1. The summed E-state index contributed by atoms with van der Waals surface area (Å²) in [4.78, 5) is 0. The molecule has 21 heavy (non-hydrogen) atoms. The van der Waals surface area contributed by atoms with Crippen LogP contribution in [0.5, 0.6) is 0 Å². The van der Waals surface area contributed by atoms with Gasteiger partial charge in [0.1, 0.15) is 5.82 Å². The molecular formula is C16H24FN3O. The summed E-state index contributed by atoms with van der Waals surface area (Å²) in [5.74, 6) is 0.797. The zero-order valence-electron chi connectivity index (χ0n) is 12.6. The maximum atomic E-state index is 14.3. The summed E-state index contributed by atoms with van der Waals surface area (Å²) in [7, 11) is 0. The first kappa shape index (κ1) is 15.8. The molecule has 1 aliphatic rings. The summed E-state index contributed by atoms with van der Waals surface area (Å²) in [6, 6.07) is 5.39. The second-order valence-electron chi connectivity index (χ2n) is 6.26.